The SMILES string of the molecule is COc1cc(C(=O)OCC(C)=O)cc(OC)c1O. The van der Waals surface area contributed by atoms with Crippen molar-refractivity contribution < 1.29 is 28.9 Å². The van der Waals surface area contributed by atoms with Crippen LogP contribution in [0.1, 0.15) is 17.3 Å². The standard InChI is InChI=1S/C12H14O6/c1-7(13)6-18-12(15)8-4-9(16-2)11(14)10(5-8)17-3/h4-5,14H,6H2,1-3H3. The number of ether oxygens (including phenoxy) is 3. The molecule has 0 unspecified atom stereocenters. The van der Waals surface area contributed by atoms with E-state index >= 15 is 0 Å². The summed E-state index contributed by atoms with van der Waals surface area (Å²) in [6.45, 7) is 1.01. The van der Waals surface area contributed by atoms with Gasteiger partial charge in [0.15, 0.2) is 17.3 Å². The lowest BCUT2D eigenvalue weighted by Gasteiger charge is -2.10. The van der Waals surface area contributed by atoms with Crippen molar-refractivity contribution in [3.63, 3.8) is 0 Å². The summed E-state index contributed by atoms with van der Waals surface area (Å²) in [6, 6.07) is 2.61. The van der Waals surface area contributed by atoms with E-state index in [-0.39, 0.29) is 35.2 Å². The fourth-order valence-electron chi connectivity index (χ4n) is 1.26. The molecule has 6 heteroatoms. The second-order valence-corrected chi connectivity index (χ2v) is 3.51. The molecular weight excluding hydrogens is 240 g/mol. The average molecular weight is 254 g/mol. The maximum atomic E-state index is 11.6. The van der Waals surface area contributed by atoms with Gasteiger partial charge in [0.25, 0.3) is 0 Å². The fourth-order valence-corrected chi connectivity index (χ4v) is 1.26. The minimum atomic E-state index is -0.693. The molecule has 0 aromatic heterocycles. The Labute approximate surface area is 104 Å². The van der Waals surface area contributed by atoms with Crippen molar-refractivity contribution in [1.29, 1.82) is 0 Å². The Kier molecular flexibility index (Phi) is 4.53. The van der Waals surface area contributed by atoms with Gasteiger partial charge in [-0.3, -0.25) is 4.79 Å². The number of carbonyl (C=O) groups excluding carboxylic acids is 2. The van der Waals surface area contributed by atoms with Crippen LogP contribution in [0.3, 0.4) is 0 Å². The maximum absolute atomic E-state index is 11.6. The number of phenols is 1. The van der Waals surface area contributed by atoms with Crippen LogP contribution in [-0.2, 0) is 9.53 Å². The quantitative estimate of drug-likeness (QED) is 0.794. The molecule has 1 N–H and O–H groups in total. The molecule has 0 aliphatic carbocycles. The molecule has 0 spiro atoms. The first kappa shape index (κ1) is 13.8. The van der Waals surface area contributed by atoms with Crippen LogP contribution in [0.15, 0.2) is 12.1 Å². The smallest absolute Gasteiger partial charge is 0.338 e. The molecule has 6 nitrogen and oxygen atoms in total. The van der Waals surface area contributed by atoms with Crippen LogP contribution in [0.2, 0.25) is 0 Å². The summed E-state index contributed by atoms with van der Waals surface area (Å²) in [5.41, 5.74) is 0.128. The number of aromatic hydroxyl groups is 1. The van der Waals surface area contributed by atoms with Gasteiger partial charge in [0.2, 0.25) is 5.75 Å². The van der Waals surface area contributed by atoms with E-state index in [1.807, 2.05) is 0 Å². The Morgan fingerprint density at radius 3 is 2.06 bits per heavy atom. The normalized spacial score (nSPS) is 9.72. The average Bonchev–Trinajstić information content (AvgIpc) is 2.36. The topological polar surface area (TPSA) is 82.1 Å². The molecule has 98 valence electrons. The Morgan fingerprint density at radius 1 is 1.17 bits per heavy atom. The zero-order chi connectivity index (χ0) is 13.7. The number of ketones is 1. The highest BCUT2D eigenvalue weighted by Crippen LogP contribution is 2.37. The van der Waals surface area contributed by atoms with E-state index in [0.29, 0.717) is 0 Å². The highest BCUT2D eigenvalue weighted by Gasteiger charge is 2.16. The molecule has 0 heterocycles. The van der Waals surface area contributed by atoms with E-state index in [1.54, 1.807) is 0 Å². The number of carbonyl (C=O) groups is 2. The van der Waals surface area contributed by atoms with E-state index in [1.165, 1.54) is 33.3 Å². The number of phenolic OH excluding ortho intramolecular Hbond substituents is 1. The maximum Gasteiger partial charge on any atom is 0.338 e. The van der Waals surface area contributed by atoms with Crippen molar-refractivity contribution >= 4 is 11.8 Å². The predicted octanol–water partition coefficient (Wildman–Crippen LogP) is 1.16. The molecule has 0 radical (unpaired) electrons. The van der Waals surface area contributed by atoms with Gasteiger partial charge in [-0.15, -0.1) is 0 Å². The van der Waals surface area contributed by atoms with E-state index in [4.69, 9.17) is 14.2 Å². The van der Waals surface area contributed by atoms with E-state index < -0.39 is 5.97 Å². The Morgan fingerprint density at radius 2 is 1.67 bits per heavy atom. The van der Waals surface area contributed by atoms with Crippen LogP contribution >= 0.6 is 0 Å². The summed E-state index contributed by atoms with van der Waals surface area (Å²) in [4.78, 5) is 22.3. The van der Waals surface area contributed by atoms with Crippen LogP contribution in [0, 0.1) is 0 Å². The lowest BCUT2D eigenvalue weighted by atomic mass is 10.2. The van der Waals surface area contributed by atoms with Crippen LogP contribution in [0.25, 0.3) is 0 Å². The van der Waals surface area contributed by atoms with Crippen molar-refractivity contribution in [1.82, 2.24) is 0 Å². The minimum Gasteiger partial charge on any atom is -0.502 e. The number of rotatable bonds is 5. The molecule has 0 bridgehead atoms. The first-order chi connectivity index (χ1) is 8.49. The van der Waals surface area contributed by atoms with Gasteiger partial charge in [0.05, 0.1) is 19.8 Å². The molecule has 18 heavy (non-hydrogen) atoms. The first-order valence-electron chi connectivity index (χ1n) is 5.11. The Bertz CT molecular complexity index is 441. The van der Waals surface area contributed by atoms with E-state index in [2.05, 4.69) is 0 Å². The molecule has 0 fully saturated rings. The number of esters is 1. The zero-order valence-electron chi connectivity index (χ0n) is 10.4. The van der Waals surface area contributed by atoms with Crippen molar-refractivity contribution in [2.24, 2.45) is 0 Å². The number of hydrogen-bond acceptors (Lipinski definition) is 6. The van der Waals surface area contributed by atoms with Crippen LogP contribution < -0.4 is 9.47 Å². The number of hydrogen-bond donors (Lipinski definition) is 1. The van der Waals surface area contributed by atoms with Crippen LogP contribution in [-0.4, -0.2) is 37.7 Å². The van der Waals surface area contributed by atoms with Gasteiger partial charge in [-0.05, 0) is 19.1 Å². The third-order valence-corrected chi connectivity index (χ3v) is 2.12. The van der Waals surface area contributed by atoms with E-state index in [0.717, 1.165) is 0 Å². The third kappa shape index (κ3) is 3.13. The van der Waals surface area contributed by atoms with Gasteiger partial charge >= 0.3 is 5.97 Å². The van der Waals surface area contributed by atoms with Gasteiger partial charge < -0.3 is 19.3 Å². The lowest BCUT2D eigenvalue weighted by Crippen LogP contribution is -2.11. The molecule has 0 aliphatic rings. The van der Waals surface area contributed by atoms with Crippen molar-refractivity contribution in [3.05, 3.63) is 17.7 Å². The summed E-state index contributed by atoms with van der Waals surface area (Å²) in [5, 5.41) is 9.66. The predicted molar refractivity (Wildman–Crippen MR) is 62.2 cm³/mol. The number of methoxy groups -OCH3 is 2. The molecule has 1 rings (SSSR count). The van der Waals surface area contributed by atoms with Crippen molar-refractivity contribution in [2.45, 2.75) is 6.92 Å². The summed E-state index contributed by atoms with van der Waals surface area (Å²) >= 11 is 0. The van der Waals surface area contributed by atoms with Crippen LogP contribution in [0.4, 0.5) is 0 Å². The largest absolute Gasteiger partial charge is 0.502 e. The van der Waals surface area contributed by atoms with Gasteiger partial charge in [-0.1, -0.05) is 0 Å². The highest BCUT2D eigenvalue weighted by atomic mass is 16.5. The second-order valence-electron chi connectivity index (χ2n) is 3.51. The van der Waals surface area contributed by atoms with Gasteiger partial charge in [0, 0.05) is 0 Å². The van der Waals surface area contributed by atoms with Gasteiger partial charge in [-0.2, -0.15) is 0 Å². The summed E-state index contributed by atoms with van der Waals surface area (Å²) < 4.78 is 14.5. The molecule has 0 saturated carbocycles. The number of benzene rings is 1. The monoisotopic (exact) mass is 254 g/mol. The van der Waals surface area contributed by atoms with E-state index in [9.17, 15) is 14.7 Å². The third-order valence-electron chi connectivity index (χ3n) is 2.12. The second kappa shape index (κ2) is 5.90. The molecule has 0 saturated heterocycles. The highest BCUT2D eigenvalue weighted by molar-refractivity contribution is 5.92. The summed E-state index contributed by atoms with van der Waals surface area (Å²) in [5.74, 6) is -0.987. The summed E-state index contributed by atoms with van der Waals surface area (Å²) in [6.07, 6.45) is 0. The van der Waals surface area contributed by atoms with Gasteiger partial charge in [-0.25, -0.2) is 4.79 Å². The molecule has 1 aromatic carbocycles. The van der Waals surface area contributed by atoms with Crippen molar-refractivity contribution in [2.75, 3.05) is 20.8 Å². The number of Topliss-reactive ketones (excluding diaryl/α,β-unsaturated/α-hetero) is 1. The molecular formula is C12H14O6. The van der Waals surface area contributed by atoms with Crippen molar-refractivity contribution in [3.8, 4) is 17.2 Å². The molecule has 1 aromatic rings. The Hall–Kier alpha value is -2.24. The first-order valence-corrected chi connectivity index (χ1v) is 5.11. The summed E-state index contributed by atoms with van der Waals surface area (Å²) in [7, 11) is 2.69. The molecule has 0 aliphatic heterocycles. The molecule has 0 amide bonds. The van der Waals surface area contributed by atoms with Gasteiger partial charge in [0.1, 0.15) is 6.61 Å². The fraction of sp³-hybridized carbons (Fsp3) is 0.333. The molecule has 0 atom stereocenters. The minimum absolute atomic E-state index is 0.0872. The Balaban J connectivity index is 3.02. The zero-order valence-corrected chi connectivity index (χ0v) is 10.4. The lowest BCUT2D eigenvalue weighted by molar-refractivity contribution is -0.120. The van der Waals surface area contributed by atoms with Crippen LogP contribution in [0.5, 0.6) is 17.2 Å².